The van der Waals surface area contributed by atoms with Crippen molar-refractivity contribution < 1.29 is 62.2 Å². The van der Waals surface area contributed by atoms with Gasteiger partial charge in [-0.05, 0) is 73.6 Å². The van der Waals surface area contributed by atoms with Crippen LogP contribution in [0.4, 0.5) is 11.4 Å². The molecule has 422 valence electrons. The van der Waals surface area contributed by atoms with Gasteiger partial charge in [0.15, 0.2) is 0 Å². The van der Waals surface area contributed by atoms with Gasteiger partial charge in [0.25, 0.3) is 0 Å². The third-order valence-corrected chi connectivity index (χ3v) is 14.2. The zero-order valence-electron chi connectivity index (χ0n) is 47.6. The first kappa shape index (κ1) is 64.2. The maximum absolute atomic E-state index is 14.4. The smallest absolute Gasteiger partial charge is 0.372 e. The molecule has 3 rings (SSSR count). The molecule has 4 unspecified atom stereocenters. The van der Waals surface area contributed by atoms with E-state index in [9.17, 15) is 38.7 Å². The largest absolute Gasteiger partial charge is 0.506 e. The van der Waals surface area contributed by atoms with Crippen LogP contribution in [0.3, 0.4) is 0 Å². The summed E-state index contributed by atoms with van der Waals surface area (Å²) in [5.74, 6) is -3.43. The fourth-order valence-corrected chi connectivity index (χ4v) is 9.10. The molecular formula is C60H91N4O12+. The van der Waals surface area contributed by atoms with Crippen LogP contribution in [-0.2, 0) is 52.5 Å². The van der Waals surface area contributed by atoms with Crippen LogP contribution in [-0.4, -0.2) is 109 Å². The second kappa shape index (κ2) is 34.6. The molecule has 4 atom stereocenters. The molecular weight excluding hydrogens is 969 g/mol. The number of amides is 2. The molecule has 0 radical (unpaired) electrons. The summed E-state index contributed by atoms with van der Waals surface area (Å²) in [4.78, 5) is 95.2. The Hall–Kier alpha value is -6.06. The highest BCUT2D eigenvalue weighted by atomic mass is 16.5. The number of allylic oxidation sites excluding steroid dienone is 5. The molecule has 3 N–H and O–H groups in total. The molecule has 1 aromatic carbocycles. The predicted molar refractivity (Wildman–Crippen MR) is 298 cm³/mol. The summed E-state index contributed by atoms with van der Waals surface area (Å²) < 4.78 is 24.5. The molecule has 0 aromatic heterocycles. The summed E-state index contributed by atoms with van der Waals surface area (Å²) in [5.41, 5.74) is 1.03. The van der Waals surface area contributed by atoms with Gasteiger partial charge in [-0.25, -0.2) is 14.2 Å². The van der Waals surface area contributed by atoms with Gasteiger partial charge in [-0.15, -0.1) is 0 Å². The van der Waals surface area contributed by atoms with Crippen molar-refractivity contribution in [3.63, 3.8) is 0 Å². The van der Waals surface area contributed by atoms with Gasteiger partial charge in [0.05, 0.1) is 49.0 Å². The van der Waals surface area contributed by atoms with E-state index in [0.717, 1.165) is 103 Å². The van der Waals surface area contributed by atoms with Gasteiger partial charge in [-0.3, -0.25) is 24.0 Å². The molecule has 76 heavy (non-hydrogen) atoms. The number of aliphatic hydroxyl groups is 1. The SMILES string of the molecule is CCCCC(CC)COC(=O)CN(CC(=O)OCC(CC)CCCC)c1ccc(C2=C(O)C(=C3C=CC(=[N+](CC(=O)OCC(CC)CCCC)CC(=O)OCC(CC)CCCC)C=C3NC(C)=O)C2=O)c(NC(C)=O)c1. The fourth-order valence-electron chi connectivity index (χ4n) is 9.10. The van der Waals surface area contributed by atoms with Crippen LogP contribution in [0.25, 0.3) is 5.57 Å². The van der Waals surface area contributed by atoms with E-state index in [2.05, 4.69) is 66.0 Å². The minimum atomic E-state index is -0.603. The Labute approximate surface area is 453 Å². The van der Waals surface area contributed by atoms with Gasteiger partial charge in [-0.1, -0.05) is 132 Å². The van der Waals surface area contributed by atoms with E-state index in [1.807, 2.05) is 0 Å². The maximum atomic E-state index is 14.4. The normalized spacial score (nSPS) is 15.7. The number of esters is 4. The van der Waals surface area contributed by atoms with E-state index in [4.69, 9.17) is 18.9 Å². The first-order valence-electron chi connectivity index (χ1n) is 28.3. The first-order chi connectivity index (χ1) is 36.5. The van der Waals surface area contributed by atoms with E-state index >= 15 is 0 Å². The van der Waals surface area contributed by atoms with Gasteiger partial charge < -0.3 is 39.6 Å². The van der Waals surface area contributed by atoms with Crippen molar-refractivity contribution in [1.82, 2.24) is 5.32 Å². The number of ketones is 1. The molecule has 2 aliphatic rings. The lowest BCUT2D eigenvalue weighted by Gasteiger charge is -2.28. The Balaban J connectivity index is 2.11. The van der Waals surface area contributed by atoms with Crippen LogP contribution in [0, 0.1) is 23.7 Å². The number of anilines is 2. The predicted octanol–water partition coefficient (Wildman–Crippen LogP) is 10.7. The molecule has 2 amide bonds. The fraction of sp³-hybridized carbons (Fsp3) is 0.633. The number of hydrogen-bond donors (Lipinski definition) is 3. The zero-order chi connectivity index (χ0) is 56.2. The van der Waals surface area contributed by atoms with E-state index < -0.39 is 47.2 Å². The Morgan fingerprint density at radius 3 is 1.38 bits per heavy atom. The van der Waals surface area contributed by atoms with Crippen molar-refractivity contribution in [2.45, 2.75) is 172 Å². The van der Waals surface area contributed by atoms with E-state index in [0.29, 0.717) is 11.4 Å². The van der Waals surface area contributed by atoms with E-state index in [-0.39, 0.29) is 110 Å². The van der Waals surface area contributed by atoms with Gasteiger partial charge in [0.1, 0.15) is 18.8 Å². The van der Waals surface area contributed by atoms with Gasteiger partial charge in [0.2, 0.25) is 36.4 Å². The van der Waals surface area contributed by atoms with Crippen molar-refractivity contribution in [2.75, 3.05) is 62.8 Å². The number of carbonyl (C=O) groups is 7. The summed E-state index contributed by atoms with van der Waals surface area (Å²) in [7, 11) is 0. The standard InChI is InChI=1S/C60H90N4O12/c1-11-19-23-43(15-5)37-73-53(67)33-63(34-54(68)74-38-44(16-6)24-20-12-2)47-27-29-49(51(31-47)61-41(9)65)57-59(71)58(60(57)72)50-30-28-48(32-52(50)62-42(10)66)64(35-55(69)75-39-45(17-7)25-21-13-3)36-56(70)76-40-46(18-8)26-22-14-4/h27-32,43-46H,11-26,33-40H2,1-10H3,(H2,61,62,65,66,71,72)/p+1. The molecule has 0 saturated heterocycles. The summed E-state index contributed by atoms with van der Waals surface area (Å²) >= 11 is 0. The number of hydrogen-bond acceptors (Lipinski definition) is 13. The molecule has 2 aliphatic carbocycles. The number of unbranched alkanes of at least 4 members (excludes halogenated alkanes) is 4. The third kappa shape index (κ3) is 21.2. The average Bonchev–Trinajstić information content (AvgIpc) is 3.39. The number of benzene rings is 1. The average molecular weight is 1060 g/mol. The van der Waals surface area contributed by atoms with Gasteiger partial charge in [-0.2, -0.15) is 0 Å². The van der Waals surface area contributed by atoms with E-state index in [1.165, 1.54) is 47.6 Å². The van der Waals surface area contributed by atoms with Crippen LogP contribution in [0.1, 0.15) is 178 Å². The topological polar surface area (TPSA) is 207 Å². The quantitative estimate of drug-likeness (QED) is 0.0248. The second-order valence-electron chi connectivity index (χ2n) is 20.4. The Morgan fingerprint density at radius 1 is 0.579 bits per heavy atom. The number of nitrogens with zero attached hydrogens (tertiary/aromatic N) is 2. The lowest BCUT2D eigenvalue weighted by atomic mass is 9.78. The number of Topliss-reactive ketones (excluding diaryl/α,β-unsaturated/α-hetero) is 1. The highest BCUT2D eigenvalue weighted by Gasteiger charge is 2.40. The lowest BCUT2D eigenvalue weighted by molar-refractivity contribution is -0.508. The zero-order valence-corrected chi connectivity index (χ0v) is 47.6. The Bertz CT molecular complexity index is 2220. The van der Waals surface area contributed by atoms with Crippen LogP contribution in [0.15, 0.2) is 59.0 Å². The number of nitrogens with one attached hydrogen (secondary N) is 2. The van der Waals surface area contributed by atoms with Crippen molar-refractivity contribution in [2.24, 2.45) is 23.7 Å². The van der Waals surface area contributed by atoms with Crippen LogP contribution in [0.5, 0.6) is 0 Å². The van der Waals surface area contributed by atoms with Gasteiger partial charge in [0, 0.05) is 42.8 Å². The molecule has 0 fully saturated rings. The summed E-state index contributed by atoms with van der Waals surface area (Å²) in [5, 5.41) is 17.3. The highest BCUT2D eigenvalue weighted by Crippen LogP contribution is 2.43. The Morgan fingerprint density at radius 2 is 1.00 bits per heavy atom. The second-order valence-corrected chi connectivity index (χ2v) is 20.4. The van der Waals surface area contributed by atoms with Crippen LogP contribution < -0.4 is 15.5 Å². The lowest BCUT2D eigenvalue weighted by Crippen LogP contribution is -2.37. The molecule has 16 heteroatoms. The molecule has 0 bridgehead atoms. The third-order valence-electron chi connectivity index (χ3n) is 14.2. The highest BCUT2D eigenvalue weighted by molar-refractivity contribution is 6.40. The van der Waals surface area contributed by atoms with Crippen LogP contribution >= 0.6 is 0 Å². The van der Waals surface area contributed by atoms with Crippen molar-refractivity contribution in [3.8, 4) is 0 Å². The summed E-state index contributed by atoms with van der Waals surface area (Å²) in [6.45, 7) is 18.9. The molecule has 0 heterocycles. The molecule has 16 nitrogen and oxygen atoms in total. The first-order valence-corrected chi connectivity index (χ1v) is 28.3. The summed E-state index contributed by atoms with van der Waals surface area (Å²) in [6.07, 6.45) is 19.8. The number of carbonyl (C=O) groups excluding carboxylic acids is 7. The number of ether oxygens (including phenoxy) is 4. The van der Waals surface area contributed by atoms with Crippen molar-refractivity contribution in [1.29, 1.82) is 0 Å². The summed E-state index contributed by atoms with van der Waals surface area (Å²) in [6, 6.07) is 4.63. The van der Waals surface area contributed by atoms with Crippen molar-refractivity contribution in [3.05, 3.63) is 64.6 Å². The monoisotopic (exact) mass is 1060 g/mol. The van der Waals surface area contributed by atoms with E-state index in [1.54, 1.807) is 12.1 Å². The van der Waals surface area contributed by atoms with Gasteiger partial charge >= 0.3 is 23.9 Å². The maximum Gasteiger partial charge on any atom is 0.372 e. The molecule has 0 aliphatic heterocycles. The minimum absolute atomic E-state index is 0.121. The molecule has 0 spiro atoms. The number of aliphatic hydroxyl groups excluding tert-OH is 1. The Kier molecular flexibility index (Phi) is 29.2. The minimum Gasteiger partial charge on any atom is -0.506 e. The number of rotatable bonds is 36. The molecule has 0 saturated carbocycles. The van der Waals surface area contributed by atoms with Crippen LogP contribution in [0.2, 0.25) is 0 Å². The molecule has 1 aromatic rings. The van der Waals surface area contributed by atoms with Crippen molar-refractivity contribution >= 4 is 64.1 Å².